The number of hydrogen-bond acceptors (Lipinski definition) is 6. The van der Waals surface area contributed by atoms with E-state index < -0.39 is 69.1 Å². The van der Waals surface area contributed by atoms with Crippen molar-refractivity contribution in [3.8, 4) is 0 Å². The van der Waals surface area contributed by atoms with E-state index in [0.29, 0.717) is 0 Å². The summed E-state index contributed by atoms with van der Waals surface area (Å²) >= 11 is 0. The molecule has 0 saturated carbocycles. The lowest BCUT2D eigenvalue weighted by Crippen LogP contribution is -2.38. The normalized spacial score (nSPS) is 15.8. The molecule has 0 aromatic carbocycles. The van der Waals surface area contributed by atoms with E-state index >= 15 is 0 Å². The SMILES string of the molecule is CC(COS(=O)(=O)CC(F)(F)C(F)F)OS(=O)(=O)CC(F)(F)C(F)F. The lowest BCUT2D eigenvalue weighted by molar-refractivity contribution is -0.112. The Kier molecular flexibility index (Phi) is 8.06. The highest BCUT2D eigenvalue weighted by Crippen LogP contribution is 2.26. The largest absolute Gasteiger partial charge is 0.323 e. The van der Waals surface area contributed by atoms with Crippen LogP contribution in [-0.4, -0.2) is 65.7 Å². The lowest BCUT2D eigenvalue weighted by atomic mass is 10.4. The zero-order chi connectivity index (χ0) is 20.3. The minimum Gasteiger partial charge on any atom is -0.267 e. The minimum atomic E-state index is -5.27. The first-order chi connectivity index (χ1) is 10.9. The van der Waals surface area contributed by atoms with Crippen molar-refractivity contribution in [3.05, 3.63) is 0 Å². The van der Waals surface area contributed by atoms with E-state index in [4.69, 9.17) is 0 Å². The first-order valence-corrected chi connectivity index (χ1v) is 9.16. The highest BCUT2D eigenvalue weighted by atomic mass is 32.2. The molecule has 0 heterocycles. The highest BCUT2D eigenvalue weighted by molar-refractivity contribution is 7.87. The zero-order valence-corrected chi connectivity index (χ0v) is 13.8. The van der Waals surface area contributed by atoms with Crippen LogP contribution in [0.25, 0.3) is 0 Å². The molecule has 0 amide bonds. The van der Waals surface area contributed by atoms with Gasteiger partial charge in [0, 0.05) is 0 Å². The third kappa shape index (κ3) is 8.96. The molecule has 0 N–H and O–H groups in total. The molecule has 0 fully saturated rings. The second kappa shape index (κ2) is 8.30. The Morgan fingerprint density at radius 2 is 1.16 bits per heavy atom. The van der Waals surface area contributed by atoms with Gasteiger partial charge in [-0.15, -0.1) is 0 Å². The van der Waals surface area contributed by atoms with Crippen LogP contribution < -0.4 is 0 Å². The predicted octanol–water partition coefficient (Wildman–Crippen LogP) is 1.87. The van der Waals surface area contributed by atoms with Crippen LogP contribution in [0, 0.1) is 0 Å². The number of hydrogen-bond donors (Lipinski definition) is 0. The van der Waals surface area contributed by atoms with E-state index in [2.05, 4.69) is 8.37 Å². The summed E-state index contributed by atoms with van der Waals surface area (Å²) in [4.78, 5) is 0. The molecule has 0 spiro atoms. The Bertz CT molecular complexity index is 632. The second-order valence-electron chi connectivity index (χ2n) is 4.72. The third-order valence-corrected chi connectivity index (χ3v) is 4.76. The van der Waals surface area contributed by atoms with Crippen LogP contribution >= 0.6 is 0 Å². The quantitative estimate of drug-likeness (QED) is 0.366. The van der Waals surface area contributed by atoms with Gasteiger partial charge in [0.15, 0.2) is 0 Å². The summed E-state index contributed by atoms with van der Waals surface area (Å²) < 4.78 is 150. The molecule has 0 aromatic rings. The first kappa shape index (κ1) is 24.3. The molecular formula is C9H12F8O6S2. The number of alkyl halides is 8. The predicted molar refractivity (Wildman–Crippen MR) is 66.0 cm³/mol. The molecule has 25 heavy (non-hydrogen) atoms. The third-order valence-electron chi connectivity index (χ3n) is 2.17. The van der Waals surface area contributed by atoms with E-state index in [-0.39, 0.29) is 0 Å². The highest BCUT2D eigenvalue weighted by Gasteiger charge is 2.47. The van der Waals surface area contributed by atoms with Gasteiger partial charge >= 0.3 is 24.7 Å². The van der Waals surface area contributed by atoms with Crippen LogP contribution in [0.1, 0.15) is 6.92 Å². The molecule has 0 aromatic heterocycles. The van der Waals surface area contributed by atoms with Crippen molar-refractivity contribution in [1.29, 1.82) is 0 Å². The fraction of sp³-hybridized carbons (Fsp3) is 1.00. The fourth-order valence-electron chi connectivity index (χ4n) is 1.15. The van der Waals surface area contributed by atoms with Crippen LogP contribution in [0.5, 0.6) is 0 Å². The molecule has 0 aliphatic rings. The van der Waals surface area contributed by atoms with Crippen molar-refractivity contribution in [2.45, 2.75) is 37.7 Å². The Morgan fingerprint density at radius 3 is 1.52 bits per heavy atom. The smallest absolute Gasteiger partial charge is 0.267 e. The average Bonchev–Trinajstić information content (AvgIpc) is 2.32. The van der Waals surface area contributed by atoms with Crippen LogP contribution in [0.4, 0.5) is 35.1 Å². The van der Waals surface area contributed by atoms with Crippen molar-refractivity contribution < 1.29 is 60.3 Å². The molecule has 0 aliphatic carbocycles. The van der Waals surface area contributed by atoms with Gasteiger partial charge in [0.1, 0.15) is 11.5 Å². The molecule has 1 unspecified atom stereocenters. The maximum absolute atomic E-state index is 12.6. The summed E-state index contributed by atoms with van der Waals surface area (Å²) in [6, 6.07) is 0. The van der Waals surface area contributed by atoms with Gasteiger partial charge < -0.3 is 0 Å². The summed E-state index contributed by atoms with van der Waals surface area (Å²) in [6.45, 7) is -0.611. The van der Waals surface area contributed by atoms with Crippen molar-refractivity contribution in [2.24, 2.45) is 0 Å². The van der Waals surface area contributed by atoms with Crippen LogP contribution in [-0.2, 0) is 28.6 Å². The van der Waals surface area contributed by atoms with Crippen molar-refractivity contribution in [2.75, 3.05) is 18.1 Å². The summed E-state index contributed by atoms with van der Waals surface area (Å²) in [7, 11) is -10.5. The van der Waals surface area contributed by atoms with Crippen LogP contribution in [0.2, 0.25) is 0 Å². The van der Waals surface area contributed by atoms with Crippen molar-refractivity contribution in [1.82, 2.24) is 0 Å². The van der Waals surface area contributed by atoms with Crippen molar-refractivity contribution >= 4 is 20.2 Å². The summed E-state index contributed by atoms with van der Waals surface area (Å²) in [5.41, 5.74) is 0. The van der Waals surface area contributed by atoms with Gasteiger partial charge in [0.2, 0.25) is 0 Å². The molecule has 0 bridgehead atoms. The van der Waals surface area contributed by atoms with E-state index in [1.54, 1.807) is 0 Å². The second-order valence-corrected chi connectivity index (χ2v) is 7.96. The molecule has 1 atom stereocenters. The standard InChI is InChI=1S/C9H12F8O6S2/c1-5(23-25(20,21)4-9(16,17)7(12)13)2-22-24(18,19)3-8(14,15)6(10)11/h5-7H,2-4H2,1H3. The lowest BCUT2D eigenvalue weighted by Gasteiger charge is -2.18. The van der Waals surface area contributed by atoms with Gasteiger partial charge in [-0.2, -0.15) is 34.4 Å². The van der Waals surface area contributed by atoms with Crippen molar-refractivity contribution in [3.63, 3.8) is 0 Å². The van der Waals surface area contributed by atoms with Gasteiger partial charge in [-0.05, 0) is 6.92 Å². The van der Waals surface area contributed by atoms with E-state index in [9.17, 15) is 52.0 Å². The van der Waals surface area contributed by atoms with E-state index in [0.717, 1.165) is 6.92 Å². The Morgan fingerprint density at radius 1 is 0.800 bits per heavy atom. The monoisotopic (exact) mass is 432 g/mol. The van der Waals surface area contributed by atoms with Gasteiger partial charge in [-0.1, -0.05) is 0 Å². The zero-order valence-electron chi connectivity index (χ0n) is 12.1. The molecule has 152 valence electrons. The fourth-order valence-corrected chi connectivity index (χ4v) is 3.45. The molecule has 0 aliphatic heterocycles. The summed E-state index contributed by atoms with van der Waals surface area (Å²) in [5.74, 6) is -14.8. The van der Waals surface area contributed by atoms with Gasteiger partial charge in [0.05, 0.1) is 12.7 Å². The van der Waals surface area contributed by atoms with Gasteiger partial charge in [0.25, 0.3) is 20.2 Å². The Hall–Kier alpha value is -0.740. The average molecular weight is 432 g/mol. The molecular weight excluding hydrogens is 420 g/mol. The van der Waals surface area contributed by atoms with Crippen LogP contribution in [0.3, 0.4) is 0 Å². The topological polar surface area (TPSA) is 86.7 Å². The molecule has 0 saturated heterocycles. The summed E-state index contributed by atoms with van der Waals surface area (Å²) in [5, 5.41) is 0. The Balaban J connectivity index is 4.74. The first-order valence-electron chi connectivity index (χ1n) is 6.00. The molecule has 0 rings (SSSR count). The van der Waals surface area contributed by atoms with Gasteiger partial charge in [-0.3, -0.25) is 8.37 Å². The summed E-state index contributed by atoms with van der Waals surface area (Å²) in [6.07, 6.45) is -10.5. The number of halogens is 8. The maximum atomic E-state index is 12.6. The molecule has 6 nitrogen and oxygen atoms in total. The Labute approximate surface area is 137 Å². The van der Waals surface area contributed by atoms with Gasteiger partial charge in [-0.25, -0.2) is 17.6 Å². The van der Waals surface area contributed by atoms with Crippen LogP contribution in [0.15, 0.2) is 0 Å². The molecule has 16 heteroatoms. The van der Waals surface area contributed by atoms with E-state index in [1.807, 2.05) is 0 Å². The maximum Gasteiger partial charge on any atom is 0.323 e. The minimum absolute atomic E-state index is 0.721. The number of rotatable bonds is 11. The van der Waals surface area contributed by atoms with E-state index in [1.165, 1.54) is 0 Å². The molecule has 0 radical (unpaired) electrons.